The molecule has 0 amide bonds. The zero-order valence-electron chi connectivity index (χ0n) is 19.7. The number of rotatable bonds is 6. The molecule has 1 saturated heterocycles. The number of carboxylic acid groups (broad SMARTS) is 1. The van der Waals surface area contributed by atoms with Gasteiger partial charge in [-0.3, -0.25) is 15.1 Å². The van der Waals surface area contributed by atoms with Crippen molar-refractivity contribution in [1.29, 1.82) is 0 Å². The monoisotopic (exact) mass is 468 g/mol. The highest BCUT2D eigenvalue weighted by Crippen LogP contribution is 2.51. The number of nitro benzene ring substituents is 1. The Balaban J connectivity index is 1.66. The summed E-state index contributed by atoms with van der Waals surface area (Å²) in [5.41, 5.74) is 2.03. The van der Waals surface area contributed by atoms with Crippen LogP contribution in [0.2, 0.25) is 0 Å². The molecule has 3 unspecified atom stereocenters. The number of nitro groups is 1. The van der Waals surface area contributed by atoms with E-state index in [4.69, 9.17) is 4.74 Å². The number of ether oxygens (including phenoxy) is 1. The summed E-state index contributed by atoms with van der Waals surface area (Å²) in [4.78, 5) is 24.1. The lowest BCUT2D eigenvalue weighted by atomic mass is 9.75. The summed E-state index contributed by atoms with van der Waals surface area (Å²) in [5.74, 6) is -0.541. The molecule has 1 aromatic rings. The van der Waals surface area contributed by atoms with E-state index < -0.39 is 16.8 Å². The Morgan fingerprint density at radius 1 is 1.24 bits per heavy atom. The molecule has 3 heterocycles. The van der Waals surface area contributed by atoms with Crippen LogP contribution >= 0.6 is 0 Å². The number of allylic oxidation sites excluding steroid dienone is 1. The predicted molar refractivity (Wildman–Crippen MR) is 126 cm³/mol. The Bertz CT molecular complexity index is 1060. The summed E-state index contributed by atoms with van der Waals surface area (Å²) in [6.45, 7) is 3.23. The van der Waals surface area contributed by atoms with Crippen LogP contribution in [0.3, 0.4) is 0 Å². The molecule has 3 atom stereocenters. The van der Waals surface area contributed by atoms with E-state index in [1.165, 1.54) is 6.07 Å². The maximum Gasteiger partial charge on any atom is 0.334 e. The molecule has 2 fully saturated rings. The molecule has 182 valence electrons. The lowest BCUT2D eigenvalue weighted by molar-refractivity contribution is -0.385. The van der Waals surface area contributed by atoms with Gasteiger partial charge in [0.1, 0.15) is 5.82 Å². The minimum absolute atomic E-state index is 0.0357. The molecule has 0 radical (unpaired) electrons. The lowest BCUT2D eigenvalue weighted by Crippen LogP contribution is -2.48. The van der Waals surface area contributed by atoms with Gasteiger partial charge in [0.05, 0.1) is 28.6 Å². The van der Waals surface area contributed by atoms with Crippen molar-refractivity contribution >= 4 is 11.7 Å². The van der Waals surface area contributed by atoms with Crippen molar-refractivity contribution in [3.05, 3.63) is 62.6 Å². The molecule has 0 aromatic heterocycles. The summed E-state index contributed by atoms with van der Waals surface area (Å²) in [7, 11) is 2.00. The fraction of sp³-hybridized carbons (Fsp3) is 0.560. The summed E-state index contributed by atoms with van der Waals surface area (Å²) in [6.07, 6.45) is 6.59. The van der Waals surface area contributed by atoms with Gasteiger partial charge in [0.25, 0.3) is 5.69 Å². The number of dihydropyridines is 1. The maximum atomic E-state index is 12.6. The molecule has 2 N–H and O–H groups in total. The van der Waals surface area contributed by atoms with Gasteiger partial charge in [-0.05, 0) is 38.5 Å². The Labute approximate surface area is 199 Å². The van der Waals surface area contributed by atoms with Crippen LogP contribution in [0.5, 0.6) is 0 Å². The second-order valence-electron chi connectivity index (χ2n) is 9.79. The Kier molecular flexibility index (Phi) is 6.07. The normalized spacial score (nSPS) is 27.9. The molecular weight excluding hydrogens is 436 g/mol. The number of carboxylic acids is 1. The molecule has 1 aliphatic carbocycles. The average molecular weight is 469 g/mol. The van der Waals surface area contributed by atoms with Crippen LogP contribution in [0.4, 0.5) is 5.69 Å². The molecule has 3 aliphatic heterocycles. The number of carbonyl (C=O) groups is 1. The van der Waals surface area contributed by atoms with Crippen molar-refractivity contribution in [2.45, 2.75) is 63.5 Å². The Morgan fingerprint density at radius 2 is 1.97 bits per heavy atom. The van der Waals surface area contributed by atoms with Crippen molar-refractivity contribution in [1.82, 2.24) is 15.3 Å². The highest BCUT2D eigenvalue weighted by Gasteiger charge is 2.51. The third kappa shape index (κ3) is 3.76. The standard InChI is InChI=1S/C25H32N4O5/c1-15-20(25(30)31)21(18-11-5-6-12-19(18)29(32)33)22-23(16-8-3-4-9-16)28(27(2)24(22)26-15)14-17-10-7-13-34-17/h5-6,11-12,16-17,21,23,26H,3-4,7-10,13-14H2,1-2H3,(H,30,31). The van der Waals surface area contributed by atoms with Gasteiger partial charge in [0, 0.05) is 43.1 Å². The molecule has 5 rings (SSSR count). The maximum absolute atomic E-state index is 12.6. The predicted octanol–water partition coefficient (Wildman–Crippen LogP) is 3.75. The van der Waals surface area contributed by atoms with Crippen LogP contribution in [0.1, 0.15) is 56.9 Å². The molecule has 4 aliphatic rings. The third-order valence-electron chi connectivity index (χ3n) is 7.87. The van der Waals surface area contributed by atoms with Gasteiger partial charge in [-0.1, -0.05) is 31.0 Å². The zero-order valence-corrected chi connectivity index (χ0v) is 19.7. The van der Waals surface area contributed by atoms with Crippen molar-refractivity contribution in [3.8, 4) is 0 Å². The third-order valence-corrected chi connectivity index (χ3v) is 7.87. The van der Waals surface area contributed by atoms with Crippen molar-refractivity contribution in [2.24, 2.45) is 5.92 Å². The second kappa shape index (κ2) is 9.03. The molecule has 9 nitrogen and oxygen atoms in total. The van der Waals surface area contributed by atoms with E-state index in [1.54, 1.807) is 25.1 Å². The number of para-hydroxylation sites is 1. The Hall–Kier alpha value is -2.91. The first-order chi connectivity index (χ1) is 16.4. The molecular formula is C25H32N4O5. The van der Waals surface area contributed by atoms with E-state index in [0.29, 0.717) is 17.2 Å². The number of hydrazine groups is 1. The van der Waals surface area contributed by atoms with Crippen molar-refractivity contribution in [3.63, 3.8) is 0 Å². The van der Waals surface area contributed by atoms with Gasteiger partial charge in [-0.25, -0.2) is 9.80 Å². The second-order valence-corrected chi connectivity index (χ2v) is 9.79. The number of nitrogens with zero attached hydrogens (tertiary/aromatic N) is 3. The largest absolute Gasteiger partial charge is 0.478 e. The van der Waals surface area contributed by atoms with E-state index in [0.717, 1.165) is 63.1 Å². The van der Waals surface area contributed by atoms with Crippen molar-refractivity contribution in [2.75, 3.05) is 20.2 Å². The van der Waals surface area contributed by atoms with Gasteiger partial charge in [-0.2, -0.15) is 0 Å². The lowest BCUT2D eigenvalue weighted by Gasteiger charge is -2.37. The highest BCUT2D eigenvalue weighted by molar-refractivity contribution is 5.91. The minimum Gasteiger partial charge on any atom is -0.478 e. The number of aliphatic carboxylic acids is 1. The quantitative estimate of drug-likeness (QED) is 0.480. The van der Waals surface area contributed by atoms with Crippen LogP contribution in [0, 0.1) is 16.0 Å². The molecule has 0 bridgehead atoms. The fourth-order valence-electron chi connectivity index (χ4n) is 6.39. The summed E-state index contributed by atoms with van der Waals surface area (Å²) < 4.78 is 5.97. The first-order valence-corrected chi connectivity index (χ1v) is 12.2. The van der Waals surface area contributed by atoms with E-state index >= 15 is 0 Å². The van der Waals surface area contributed by atoms with Gasteiger partial charge >= 0.3 is 5.97 Å². The van der Waals surface area contributed by atoms with E-state index in [2.05, 4.69) is 15.3 Å². The highest BCUT2D eigenvalue weighted by atomic mass is 16.6. The van der Waals surface area contributed by atoms with Gasteiger partial charge in [-0.15, -0.1) is 0 Å². The zero-order chi connectivity index (χ0) is 24.0. The molecule has 1 saturated carbocycles. The van der Waals surface area contributed by atoms with Gasteiger partial charge in [0.15, 0.2) is 0 Å². The van der Waals surface area contributed by atoms with E-state index in [1.807, 2.05) is 7.05 Å². The molecule has 34 heavy (non-hydrogen) atoms. The van der Waals surface area contributed by atoms with Crippen LogP contribution in [0.15, 0.2) is 46.9 Å². The first kappa shape index (κ1) is 22.9. The molecule has 0 spiro atoms. The number of hydrogen-bond donors (Lipinski definition) is 2. The summed E-state index contributed by atoms with van der Waals surface area (Å²) in [6, 6.07) is 6.54. The van der Waals surface area contributed by atoms with Crippen LogP contribution in [0.25, 0.3) is 0 Å². The molecule has 1 aromatic carbocycles. The number of hydrogen-bond acceptors (Lipinski definition) is 7. The SMILES string of the molecule is CC1=C(C(=O)O)C(c2ccccc2[N+](=O)[O-])C2=C(N1)N(C)N(CC1CCCO1)C2C1CCCC1. The van der Waals surface area contributed by atoms with Crippen LogP contribution < -0.4 is 5.32 Å². The first-order valence-electron chi connectivity index (χ1n) is 12.2. The van der Waals surface area contributed by atoms with Gasteiger partial charge in [0.2, 0.25) is 0 Å². The number of benzene rings is 1. The summed E-state index contributed by atoms with van der Waals surface area (Å²) in [5, 5.41) is 30.0. The topological polar surface area (TPSA) is 108 Å². The van der Waals surface area contributed by atoms with E-state index in [-0.39, 0.29) is 23.4 Å². The van der Waals surface area contributed by atoms with Crippen LogP contribution in [-0.2, 0) is 9.53 Å². The van der Waals surface area contributed by atoms with Crippen molar-refractivity contribution < 1.29 is 19.6 Å². The van der Waals surface area contributed by atoms with E-state index in [9.17, 15) is 20.0 Å². The fourth-order valence-corrected chi connectivity index (χ4v) is 6.39. The summed E-state index contributed by atoms with van der Waals surface area (Å²) >= 11 is 0. The van der Waals surface area contributed by atoms with Gasteiger partial charge < -0.3 is 15.2 Å². The minimum atomic E-state index is -1.05. The number of nitrogens with one attached hydrogen (secondary N) is 1. The van der Waals surface area contributed by atoms with Crippen LogP contribution in [-0.4, -0.2) is 58.4 Å². The average Bonchev–Trinajstić information content (AvgIpc) is 3.56. The smallest absolute Gasteiger partial charge is 0.334 e. The molecule has 9 heteroatoms. The Morgan fingerprint density at radius 3 is 2.62 bits per heavy atom.